The summed E-state index contributed by atoms with van der Waals surface area (Å²) >= 11 is 3.50. The van der Waals surface area contributed by atoms with Gasteiger partial charge in [0.2, 0.25) is 0 Å². The molecule has 4 heteroatoms. The molecule has 0 aromatic carbocycles. The molecule has 0 amide bonds. The Morgan fingerprint density at radius 1 is 1.20 bits per heavy atom. The SMILES string of the molecule is Cc1cnc(-n2nc(C)cc2C)c(Br)c1. The van der Waals surface area contributed by atoms with E-state index in [1.54, 1.807) is 0 Å². The van der Waals surface area contributed by atoms with Crippen molar-refractivity contribution in [3.63, 3.8) is 0 Å². The van der Waals surface area contributed by atoms with E-state index in [2.05, 4.69) is 26.0 Å². The van der Waals surface area contributed by atoms with Crippen LogP contribution in [0.4, 0.5) is 0 Å². The minimum Gasteiger partial charge on any atom is -0.236 e. The van der Waals surface area contributed by atoms with Crippen molar-refractivity contribution >= 4 is 15.9 Å². The van der Waals surface area contributed by atoms with Gasteiger partial charge in [0, 0.05) is 11.9 Å². The Labute approximate surface area is 97.3 Å². The predicted molar refractivity (Wildman–Crippen MR) is 63.3 cm³/mol. The average molecular weight is 266 g/mol. The predicted octanol–water partition coefficient (Wildman–Crippen LogP) is 2.96. The molecule has 0 saturated carbocycles. The fraction of sp³-hybridized carbons (Fsp3) is 0.273. The number of nitrogens with zero attached hydrogens (tertiary/aromatic N) is 3. The summed E-state index contributed by atoms with van der Waals surface area (Å²) in [5.74, 6) is 0.839. The molecule has 2 heterocycles. The molecule has 0 aliphatic rings. The van der Waals surface area contributed by atoms with E-state index in [4.69, 9.17) is 0 Å². The quantitative estimate of drug-likeness (QED) is 0.794. The fourth-order valence-electron chi connectivity index (χ4n) is 1.53. The highest BCUT2D eigenvalue weighted by molar-refractivity contribution is 9.10. The maximum Gasteiger partial charge on any atom is 0.167 e. The van der Waals surface area contributed by atoms with Crippen LogP contribution in [0.25, 0.3) is 5.82 Å². The van der Waals surface area contributed by atoms with Crippen LogP contribution in [0.2, 0.25) is 0 Å². The van der Waals surface area contributed by atoms with Crippen molar-refractivity contribution in [2.24, 2.45) is 0 Å². The summed E-state index contributed by atoms with van der Waals surface area (Å²) in [4.78, 5) is 4.38. The first kappa shape index (κ1) is 10.4. The largest absolute Gasteiger partial charge is 0.236 e. The van der Waals surface area contributed by atoms with Crippen LogP contribution in [0, 0.1) is 20.8 Å². The highest BCUT2D eigenvalue weighted by atomic mass is 79.9. The highest BCUT2D eigenvalue weighted by Crippen LogP contribution is 2.20. The first-order valence-corrected chi connectivity index (χ1v) is 5.53. The number of hydrogen-bond donors (Lipinski definition) is 0. The molecule has 0 bridgehead atoms. The molecule has 78 valence electrons. The van der Waals surface area contributed by atoms with Crippen LogP contribution in [0.3, 0.4) is 0 Å². The lowest BCUT2D eigenvalue weighted by Gasteiger charge is -2.06. The van der Waals surface area contributed by atoms with E-state index >= 15 is 0 Å². The third-order valence-electron chi connectivity index (χ3n) is 2.17. The Hall–Kier alpha value is -1.16. The van der Waals surface area contributed by atoms with Crippen LogP contribution in [-0.2, 0) is 0 Å². The number of rotatable bonds is 1. The van der Waals surface area contributed by atoms with E-state index in [-0.39, 0.29) is 0 Å². The van der Waals surface area contributed by atoms with Crippen LogP contribution < -0.4 is 0 Å². The van der Waals surface area contributed by atoms with Crippen molar-refractivity contribution in [1.29, 1.82) is 0 Å². The number of hydrogen-bond acceptors (Lipinski definition) is 2. The second-order valence-electron chi connectivity index (χ2n) is 3.66. The minimum absolute atomic E-state index is 0.839. The topological polar surface area (TPSA) is 30.7 Å². The van der Waals surface area contributed by atoms with E-state index in [1.165, 1.54) is 0 Å². The Kier molecular flexibility index (Phi) is 2.61. The third-order valence-corrected chi connectivity index (χ3v) is 2.75. The maximum atomic E-state index is 4.40. The lowest BCUT2D eigenvalue weighted by atomic mass is 10.3. The van der Waals surface area contributed by atoms with Crippen LogP contribution in [0.1, 0.15) is 17.0 Å². The Morgan fingerprint density at radius 3 is 2.47 bits per heavy atom. The lowest BCUT2D eigenvalue weighted by molar-refractivity contribution is 0.800. The molecule has 0 N–H and O–H groups in total. The van der Waals surface area contributed by atoms with Gasteiger partial charge in [-0.3, -0.25) is 0 Å². The summed E-state index contributed by atoms with van der Waals surface area (Å²) in [6.07, 6.45) is 1.84. The summed E-state index contributed by atoms with van der Waals surface area (Å²) in [5.41, 5.74) is 3.22. The zero-order valence-electron chi connectivity index (χ0n) is 8.95. The van der Waals surface area contributed by atoms with Gasteiger partial charge in [0.15, 0.2) is 5.82 Å². The molecule has 0 spiro atoms. The molecular weight excluding hydrogens is 254 g/mol. The molecule has 0 radical (unpaired) electrons. The molecule has 0 atom stereocenters. The second kappa shape index (κ2) is 3.77. The summed E-state index contributed by atoms with van der Waals surface area (Å²) in [5, 5.41) is 4.40. The molecule has 3 nitrogen and oxygen atoms in total. The Balaban J connectivity index is 2.59. The van der Waals surface area contributed by atoms with Gasteiger partial charge in [0.25, 0.3) is 0 Å². The first-order chi connectivity index (χ1) is 7.08. The maximum absolute atomic E-state index is 4.40. The Bertz CT molecular complexity index is 503. The van der Waals surface area contributed by atoms with Gasteiger partial charge < -0.3 is 0 Å². The highest BCUT2D eigenvalue weighted by Gasteiger charge is 2.08. The number of halogens is 1. The van der Waals surface area contributed by atoms with Crippen molar-refractivity contribution in [3.05, 3.63) is 39.8 Å². The molecule has 2 rings (SSSR count). The number of aromatic nitrogens is 3. The molecule has 0 aliphatic heterocycles. The standard InChI is InChI=1S/C11H12BrN3/c1-7-4-10(12)11(13-6-7)15-9(3)5-8(2)14-15/h4-6H,1-3H3. The van der Waals surface area contributed by atoms with Gasteiger partial charge in [-0.15, -0.1) is 0 Å². The molecule has 2 aromatic heterocycles. The van der Waals surface area contributed by atoms with Crippen molar-refractivity contribution < 1.29 is 0 Å². The van der Waals surface area contributed by atoms with Gasteiger partial charge in [0.1, 0.15) is 0 Å². The summed E-state index contributed by atoms with van der Waals surface area (Å²) in [6, 6.07) is 4.08. The van der Waals surface area contributed by atoms with Crippen LogP contribution in [0.5, 0.6) is 0 Å². The number of pyridine rings is 1. The normalized spacial score (nSPS) is 10.7. The average Bonchev–Trinajstić information content (AvgIpc) is 2.45. The molecular formula is C11H12BrN3. The Morgan fingerprint density at radius 2 is 1.93 bits per heavy atom. The first-order valence-electron chi connectivity index (χ1n) is 4.73. The van der Waals surface area contributed by atoms with E-state index in [9.17, 15) is 0 Å². The van der Waals surface area contributed by atoms with Gasteiger partial charge in [-0.25, -0.2) is 9.67 Å². The van der Waals surface area contributed by atoms with Crippen molar-refractivity contribution in [3.8, 4) is 5.82 Å². The molecule has 0 aliphatic carbocycles. The van der Waals surface area contributed by atoms with E-state index in [0.29, 0.717) is 0 Å². The second-order valence-corrected chi connectivity index (χ2v) is 4.51. The van der Waals surface area contributed by atoms with E-state index < -0.39 is 0 Å². The van der Waals surface area contributed by atoms with Gasteiger partial charge in [-0.1, -0.05) is 0 Å². The van der Waals surface area contributed by atoms with Crippen LogP contribution in [-0.4, -0.2) is 14.8 Å². The van der Waals surface area contributed by atoms with Gasteiger partial charge in [0.05, 0.1) is 10.2 Å². The third kappa shape index (κ3) is 1.95. The molecule has 0 saturated heterocycles. The van der Waals surface area contributed by atoms with E-state index in [1.807, 2.05) is 43.8 Å². The molecule has 15 heavy (non-hydrogen) atoms. The summed E-state index contributed by atoms with van der Waals surface area (Å²) in [6.45, 7) is 6.02. The van der Waals surface area contributed by atoms with Gasteiger partial charge >= 0.3 is 0 Å². The van der Waals surface area contributed by atoms with Crippen LogP contribution >= 0.6 is 15.9 Å². The summed E-state index contributed by atoms with van der Waals surface area (Å²) < 4.78 is 2.81. The molecule has 0 fully saturated rings. The van der Waals surface area contributed by atoms with Crippen molar-refractivity contribution in [2.75, 3.05) is 0 Å². The minimum atomic E-state index is 0.839. The molecule has 0 unspecified atom stereocenters. The lowest BCUT2D eigenvalue weighted by Crippen LogP contribution is -2.03. The van der Waals surface area contributed by atoms with Crippen LogP contribution in [0.15, 0.2) is 22.8 Å². The number of aryl methyl sites for hydroxylation is 3. The van der Waals surface area contributed by atoms with Crippen molar-refractivity contribution in [2.45, 2.75) is 20.8 Å². The molecule has 2 aromatic rings. The summed E-state index contributed by atoms with van der Waals surface area (Å²) in [7, 11) is 0. The zero-order chi connectivity index (χ0) is 11.0. The monoisotopic (exact) mass is 265 g/mol. The zero-order valence-corrected chi connectivity index (χ0v) is 10.5. The van der Waals surface area contributed by atoms with Gasteiger partial charge in [-0.2, -0.15) is 5.10 Å². The van der Waals surface area contributed by atoms with Gasteiger partial charge in [-0.05, 0) is 54.4 Å². The van der Waals surface area contributed by atoms with E-state index in [0.717, 1.165) is 27.2 Å². The fourth-order valence-corrected chi connectivity index (χ4v) is 2.16. The van der Waals surface area contributed by atoms with Crippen molar-refractivity contribution in [1.82, 2.24) is 14.8 Å². The smallest absolute Gasteiger partial charge is 0.167 e.